The lowest BCUT2D eigenvalue weighted by Gasteiger charge is -1.89. The van der Waals surface area contributed by atoms with Gasteiger partial charge in [0, 0.05) is 0 Å². The molecule has 0 aromatic heterocycles. The summed E-state index contributed by atoms with van der Waals surface area (Å²) in [7, 11) is 0. The van der Waals surface area contributed by atoms with Crippen molar-refractivity contribution in [3.63, 3.8) is 0 Å². The van der Waals surface area contributed by atoms with Gasteiger partial charge in [-0.25, -0.2) is 0 Å². The Bertz CT molecular complexity index is 168. The Hall–Kier alpha value is -0.500. The number of hydrogen-bond donors (Lipinski definition) is 0. The first-order chi connectivity index (χ1) is 4.68. The average molecular weight is 156 g/mol. The van der Waals surface area contributed by atoms with Crippen LogP contribution in [0.2, 0.25) is 0 Å². The van der Waals surface area contributed by atoms with Gasteiger partial charge in [0.15, 0.2) is 5.78 Å². The monoisotopic (exact) mass is 156 g/mol. The summed E-state index contributed by atoms with van der Waals surface area (Å²) in [5.74, 6) is 0.136. The molecule has 0 aliphatic heterocycles. The van der Waals surface area contributed by atoms with Gasteiger partial charge in [0.25, 0.3) is 0 Å². The minimum absolute atomic E-state index is 0.136. The van der Waals surface area contributed by atoms with Gasteiger partial charge in [0.1, 0.15) is 0 Å². The highest BCUT2D eigenvalue weighted by molar-refractivity contribution is 8.04. The van der Waals surface area contributed by atoms with Gasteiger partial charge in [0.05, 0.1) is 0 Å². The lowest BCUT2D eigenvalue weighted by Crippen LogP contribution is -1.88. The standard InChI is InChI=1S/C8H12OS/c1-4-5-10-6-7(2)8(3)9/h4-6H,1-3H3/b5-4-,7-6+. The second-order valence-electron chi connectivity index (χ2n) is 1.96. The summed E-state index contributed by atoms with van der Waals surface area (Å²) < 4.78 is 0. The quantitative estimate of drug-likeness (QED) is 0.584. The van der Waals surface area contributed by atoms with Gasteiger partial charge >= 0.3 is 0 Å². The summed E-state index contributed by atoms with van der Waals surface area (Å²) in [5.41, 5.74) is 0.808. The van der Waals surface area contributed by atoms with Crippen molar-refractivity contribution in [3.05, 3.63) is 22.5 Å². The van der Waals surface area contributed by atoms with Crippen LogP contribution in [0.25, 0.3) is 0 Å². The summed E-state index contributed by atoms with van der Waals surface area (Å²) in [6.07, 6.45) is 1.94. The molecule has 0 aromatic rings. The number of hydrogen-bond acceptors (Lipinski definition) is 2. The predicted molar refractivity (Wildman–Crippen MR) is 46.8 cm³/mol. The smallest absolute Gasteiger partial charge is 0.156 e. The topological polar surface area (TPSA) is 17.1 Å². The molecule has 0 atom stereocenters. The summed E-state index contributed by atoms with van der Waals surface area (Å²) >= 11 is 1.53. The van der Waals surface area contributed by atoms with E-state index in [4.69, 9.17) is 0 Å². The maximum Gasteiger partial charge on any atom is 0.156 e. The number of rotatable bonds is 3. The molecule has 0 rings (SSSR count). The zero-order valence-corrected chi connectivity index (χ0v) is 7.37. The molecule has 0 amide bonds. The van der Waals surface area contributed by atoms with E-state index < -0.39 is 0 Å². The van der Waals surface area contributed by atoms with Crippen molar-refractivity contribution in [2.75, 3.05) is 0 Å². The van der Waals surface area contributed by atoms with Crippen molar-refractivity contribution in [1.29, 1.82) is 0 Å². The minimum Gasteiger partial charge on any atom is -0.295 e. The molecule has 0 aromatic carbocycles. The van der Waals surface area contributed by atoms with E-state index in [9.17, 15) is 4.79 Å². The molecule has 0 N–H and O–H groups in total. The first kappa shape index (κ1) is 9.50. The van der Waals surface area contributed by atoms with Gasteiger partial charge in [-0.1, -0.05) is 6.08 Å². The number of ketones is 1. The van der Waals surface area contributed by atoms with Crippen molar-refractivity contribution in [1.82, 2.24) is 0 Å². The molecule has 0 saturated heterocycles. The van der Waals surface area contributed by atoms with Crippen LogP contribution in [0.1, 0.15) is 20.8 Å². The van der Waals surface area contributed by atoms with Crippen molar-refractivity contribution < 1.29 is 4.79 Å². The van der Waals surface area contributed by atoms with Crippen LogP contribution in [0.15, 0.2) is 22.5 Å². The molecule has 10 heavy (non-hydrogen) atoms. The van der Waals surface area contributed by atoms with Crippen molar-refractivity contribution >= 4 is 17.5 Å². The lowest BCUT2D eigenvalue weighted by molar-refractivity contribution is -0.113. The highest BCUT2D eigenvalue weighted by Crippen LogP contribution is 2.08. The van der Waals surface area contributed by atoms with Crippen molar-refractivity contribution in [2.24, 2.45) is 0 Å². The van der Waals surface area contributed by atoms with E-state index in [-0.39, 0.29) is 5.78 Å². The van der Waals surface area contributed by atoms with Crippen LogP contribution >= 0.6 is 11.8 Å². The molecule has 0 fully saturated rings. The Kier molecular flexibility index (Phi) is 5.03. The molecule has 0 spiro atoms. The second-order valence-corrected chi connectivity index (χ2v) is 2.74. The predicted octanol–water partition coefficient (Wildman–Crippen LogP) is 2.75. The Morgan fingerprint density at radius 3 is 2.40 bits per heavy atom. The van der Waals surface area contributed by atoms with E-state index in [1.807, 2.05) is 30.7 Å². The number of carbonyl (C=O) groups excluding carboxylic acids is 1. The fourth-order valence-corrected chi connectivity index (χ4v) is 0.909. The van der Waals surface area contributed by atoms with Gasteiger partial charge in [-0.05, 0) is 37.2 Å². The molecule has 0 bridgehead atoms. The minimum atomic E-state index is 0.136. The van der Waals surface area contributed by atoms with Crippen LogP contribution in [-0.2, 0) is 4.79 Å². The summed E-state index contributed by atoms with van der Waals surface area (Å²) in [6.45, 7) is 5.34. The molecular formula is C8H12OS. The van der Waals surface area contributed by atoms with Gasteiger partial charge in [0.2, 0.25) is 0 Å². The first-order valence-electron chi connectivity index (χ1n) is 3.12. The van der Waals surface area contributed by atoms with Crippen LogP contribution in [0.3, 0.4) is 0 Å². The molecule has 0 saturated carbocycles. The Balaban J connectivity index is 3.80. The molecular weight excluding hydrogens is 144 g/mol. The maximum atomic E-state index is 10.6. The lowest BCUT2D eigenvalue weighted by atomic mass is 10.2. The van der Waals surface area contributed by atoms with Gasteiger partial charge in [-0.2, -0.15) is 0 Å². The second kappa shape index (κ2) is 5.30. The molecule has 0 aliphatic rings. The summed E-state index contributed by atoms with van der Waals surface area (Å²) in [6, 6.07) is 0. The van der Waals surface area contributed by atoms with Crippen LogP contribution in [0, 0.1) is 0 Å². The zero-order valence-electron chi connectivity index (χ0n) is 6.55. The highest BCUT2D eigenvalue weighted by atomic mass is 32.2. The van der Waals surface area contributed by atoms with E-state index in [2.05, 4.69) is 0 Å². The third-order valence-corrected chi connectivity index (χ3v) is 1.93. The van der Waals surface area contributed by atoms with Gasteiger partial charge in [-0.15, -0.1) is 11.8 Å². The molecule has 1 nitrogen and oxygen atoms in total. The van der Waals surface area contributed by atoms with Gasteiger partial charge < -0.3 is 0 Å². The first-order valence-corrected chi connectivity index (χ1v) is 4.07. The Morgan fingerprint density at radius 1 is 1.40 bits per heavy atom. The maximum absolute atomic E-state index is 10.6. The Labute approximate surface area is 66.2 Å². The molecule has 2 heteroatoms. The fraction of sp³-hybridized carbons (Fsp3) is 0.375. The van der Waals surface area contributed by atoms with Crippen molar-refractivity contribution in [2.45, 2.75) is 20.8 Å². The van der Waals surface area contributed by atoms with Crippen LogP contribution in [0.5, 0.6) is 0 Å². The summed E-state index contributed by atoms with van der Waals surface area (Å²) in [5, 5.41) is 3.79. The number of carbonyl (C=O) groups is 1. The van der Waals surface area contributed by atoms with Gasteiger partial charge in [-0.3, -0.25) is 4.79 Å². The molecule has 0 radical (unpaired) electrons. The van der Waals surface area contributed by atoms with Crippen LogP contribution < -0.4 is 0 Å². The number of Topliss-reactive ketones (excluding diaryl/α,β-unsaturated/α-hetero) is 1. The van der Waals surface area contributed by atoms with E-state index >= 15 is 0 Å². The van der Waals surface area contributed by atoms with E-state index in [1.165, 1.54) is 11.8 Å². The number of thioether (sulfide) groups is 1. The largest absolute Gasteiger partial charge is 0.295 e. The normalized spacial score (nSPS) is 12.5. The SMILES string of the molecule is C/C=C\S/C=C(\C)C(C)=O. The third kappa shape index (κ3) is 4.39. The van der Waals surface area contributed by atoms with E-state index in [1.54, 1.807) is 6.92 Å². The van der Waals surface area contributed by atoms with E-state index in [0.717, 1.165) is 5.57 Å². The van der Waals surface area contributed by atoms with Crippen molar-refractivity contribution in [3.8, 4) is 0 Å². The van der Waals surface area contributed by atoms with Crippen LogP contribution in [-0.4, -0.2) is 5.78 Å². The summed E-state index contributed by atoms with van der Waals surface area (Å²) in [4.78, 5) is 10.6. The Morgan fingerprint density at radius 2 is 2.00 bits per heavy atom. The number of allylic oxidation sites excluding steroid dienone is 2. The van der Waals surface area contributed by atoms with Crippen LogP contribution in [0.4, 0.5) is 0 Å². The van der Waals surface area contributed by atoms with E-state index in [0.29, 0.717) is 0 Å². The molecule has 0 heterocycles. The fourth-order valence-electron chi connectivity index (χ4n) is 0.303. The zero-order chi connectivity index (χ0) is 7.98. The molecule has 0 aliphatic carbocycles. The average Bonchev–Trinajstić information content (AvgIpc) is 1.88. The highest BCUT2D eigenvalue weighted by Gasteiger charge is 1.92. The molecule has 0 unspecified atom stereocenters. The molecule has 56 valence electrons. The third-order valence-electron chi connectivity index (χ3n) is 1.01.